The molecule has 3 aromatic rings. The third kappa shape index (κ3) is 8.46. The standard InChI is InChI=1S/C27H33I4N3O2/c1-20(18-21-10-6-5-7-11-21)34-26(35)24-15-14-23(31-33(28)16-17-36-29)19-25(24)32-27(34)30-22-12-8-3-2-4-9-13-22/h5-7,10-11,14-15,19-20,22H,2-4,8-9,12-13,16-18H2,1H3/q-2. The monoisotopic (exact) mass is 939 g/mol. The summed E-state index contributed by atoms with van der Waals surface area (Å²) >= 11 is 3.67. The van der Waals surface area contributed by atoms with E-state index in [0.717, 1.165) is 38.2 Å². The molecule has 1 heterocycles. The minimum atomic E-state index is -0.351. The van der Waals surface area contributed by atoms with Gasteiger partial charge < -0.3 is 0 Å². The summed E-state index contributed by atoms with van der Waals surface area (Å²) in [6.45, 7) is 3.81. The Morgan fingerprint density at radius 2 is 1.83 bits per heavy atom. The van der Waals surface area contributed by atoms with Gasteiger partial charge in [0, 0.05) is 0 Å². The van der Waals surface area contributed by atoms with Gasteiger partial charge in [0.15, 0.2) is 0 Å². The molecule has 1 aliphatic carbocycles. The number of benzene rings is 2. The summed E-state index contributed by atoms with van der Waals surface area (Å²) in [5.41, 5.74) is 2.29. The fourth-order valence-electron chi connectivity index (χ4n) is 4.61. The molecule has 198 valence electrons. The van der Waals surface area contributed by atoms with E-state index in [2.05, 4.69) is 78.1 Å². The number of hydrogen-bond donors (Lipinski definition) is 0. The zero-order valence-electron chi connectivity index (χ0n) is 20.5. The van der Waals surface area contributed by atoms with Crippen LogP contribution >= 0.6 is 45.9 Å². The van der Waals surface area contributed by atoms with Crippen LogP contribution in [0.5, 0.6) is 0 Å². The Morgan fingerprint density at radius 1 is 1.11 bits per heavy atom. The van der Waals surface area contributed by atoms with Gasteiger partial charge in [-0.3, -0.25) is 0 Å². The Hall–Kier alpha value is 0.420. The number of halogens is 4. The fraction of sp³-hybridized carbons (Fsp3) is 0.481. The van der Waals surface area contributed by atoms with Crippen LogP contribution in [-0.2, 0) is 9.49 Å². The molecule has 0 bridgehead atoms. The summed E-state index contributed by atoms with van der Waals surface area (Å²) in [6, 6.07) is 17.0. The summed E-state index contributed by atoms with van der Waals surface area (Å²) in [5, 5.41) is 0.753. The van der Waals surface area contributed by atoms with Crippen LogP contribution in [0.1, 0.15) is 63.5 Å². The summed E-state index contributed by atoms with van der Waals surface area (Å²) in [7, 11) is 0. The molecule has 5 nitrogen and oxygen atoms in total. The maximum atomic E-state index is 13.9. The quantitative estimate of drug-likeness (QED) is 0.131. The molecule has 2 aromatic carbocycles. The number of hydrogen-bond acceptors (Lipinski definition) is 4. The van der Waals surface area contributed by atoms with Crippen LogP contribution in [0.4, 0.5) is 0 Å². The van der Waals surface area contributed by atoms with Gasteiger partial charge in [-0.05, 0) is 0 Å². The predicted octanol–water partition coefficient (Wildman–Crippen LogP) is 0.764. The molecule has 36 heavy (non-hydrogen) atoms. The number of alkyl halides is 1. The second-order valence-corrected chi connectivity index (χ2v) is 19.1. The molecule has 1 unspecified atom stereocenters. The Morgan fingerprint density at radius 3 is 2.56 bits per heavy atom. The van der Waals surface area contributed by atoms with E-state index in [-0.39, 0.29) is 54.3 Å². The van der Waals surface area contributed by atoms with Gasteiger partial charge in [-0.1, -0.05) is 0 Å². The second kappa shape index (κ2) is 15.3. The minimum absolute atomic E-state index is 0.0882. The topological polar surface area (TPSA) is 47.4 Å². The number of fused-ring (bicyclic) bond motifs is 1. The molecule has 0 N–H and O–H groups in total. The zero-order chi connectivity index (χ0) is 25.3. The third-order valence-corrected chi connectivity index (χ3v) is 14.3. The van der Waals surface area contributed by atoms with Crippen molar-refractivity contribution < 1.29 is 45.8 Å². The van der Waals surface area contributed by atoms with Crippen LogP contribution in [0.2, 0.25) is 0 Å². The van der Waals surface area contributed by atoms with Gasteiger partial charge in [0.2, 0.25) is 0 Å². The van der Waals surface area contributed by atoms with Crippen molar-refractivity contribution in [2.45, 2.75) is 68.3 Å². The van der Waals surface area contributed by atoms with Gasteiger partial charge in [-0.2, -0.15) is 0 Å². The average molecular weight is 939 g/mol. The SMILES string of the molecule is CC(Cc1ccccc1)n1c([I-]C2CCCCCCC2)nc2cc([I-]N(I)CCOI)ccc2c1=O. The van der Waals surface area contributed by atoms with E-state index >= 15 is 0 Å². The van der Waals surface area contributed by atoms with Gasteiger partial charge in [0.1, 0.15) is 0 Å². The molecule has 0 saturated heterocycles. The Kier molecular flexibility index (Phi) is 12.5. The van der Waals surface area contributed by atoms with Crippen molar-refractivity contribution in [2.75, 3.05) is 13.2 Å². The average Bonchev–Trinajstić information content (AvgIpc) is 2.85. The molecule has 4 rings (SSSR count). The molecular formula is C27H33I4N3O2-2. The van der Waals surface area contributed by atoms with E-state index in [4.69, 9.17) is 8.05 Å². The Labute approximate surface area is 263 Å². The molecule has 0 spiro atoms. The molecule has 1 aromatic heterocycles. The summed E-state index contributed by atoms with van der Waals surface area (Å²) in [4.78, 5) is 19.2. The van der Waals surface area contributed by atoms with E-state index in [1.165, 1.54) is 54.1 Å². The summed E-state index contributed by atoms with van der Waals surface area (Å²) in [6.07, 6.45) is 10.2. The zero-order valence-corrected chi connectivity index (χ0v) is 29.1. The molecule has 9 heteroatoms. The molecule has 1 saturated carbocycles. The van der Waals surface area contributed by atoms with Crippen molar-refractivity contribution in [1.82, 2.24) is 10.9 Å². The van der Waals surface area contributed by atoms with Gasteiger partial charge in [0.25, 0.3) is 0 Å². The van der Waals surface area contributed by atoms with Crippen LogP contribution in [-0.4, -0.2) is 28.0 Å². The van der Waals surface area contributed by atoms with E-state index < -0.39 is 0 Å². The van der Waals surface area contributed by atoms with Crippen molar-refractivity contribution in [1.29, 1.82) is 0 Å². The Balaban J connectivity index is 1.69. The molecule has 0 amide bonds. The molecule has 1 aliphatic rings. The van der Waals surface area contributed by atoms with E-state index in [9.17, 15) is 4.79 Å². The molecule has 1 atom stereocenters. The summed E-state index contributed by atoms with van der Waals surface area (Å²) < 4.78 is 12.7. The van der Waals surface area contributed by atoms with Crippen LogP contribution < -0.4 is 48.2 Å². The van der Waals surface area contributed by atoms with Gasteiger partial charge in [-0.25, -0.2) is 0 Å². The van der Waals surface area contributed by atoms with Crippen LogP contribution in [0.3, 0.4) is 0 Å². The first-order valence-electron chi connectivity index (χ1n) is 12.6. The third-order valence-electron chi connectivity index (χ3n) is 6.45. The van der Waals surface area contributed by atoms with Crippen LogP contribution in [0.25, 0.3) is 10.9 Å². The molecular weight excluding hydrogens is 906 g/mol. The van der Waals surface area contributed by atoms with E-state index in [1.807, 2.05) is 29.1 Å². The van der Waals surface area contributed by atoms with Crippen molar-refractivity contribution in [3.8, 4) is 0 Å². The number of aromatic nitrogens is 2. The molecule has 0 aliphatic heterocycles. The van der Waals surface area contributed by atoms with E-state index in [1.54, 1.807) is 0 Å². The molecule has 0 radical (unpaired) electrons. The summed E-state index contributed by atoms with van der Waals surface area (Å²) in [5.74, 6) is 0. The van der Waals surface area contributed by atoms with Crippen molar-refractivity contribution in [3.63, 3.8) is 0 Å². The maximum absolute atomic E-state index is 13.9. The first-order valence-corrected chi connectivity index (χ1v) is 18.8. The molecule has 1 fully saturated rings. The van der Waals surface area contributed by atoms with Gasteiger partial charge in [-0.15, -0.1) is 0 Å². The van der Waals surface area contributed by atoms with Crippen molar-refractivity contribution in [3.05, 3.63) is 71.8 Å². The first-order chi connectivity index (χ1) is 17.5. The van der Waals surface area contributed by atoms with E-state index in [0.29, 0.717) is 0 Å². The Bertz CT molecular complexity index is 1170. The van der Waals surface area contributed by atoms with Crippen molar-refractivity contribution >= 4 is 56.8 Å². The van der Waals surface area contributed by atoms with Gasteiger partial charge >= 0.3 is 267 Å². The normalized spacial score (nSPS) is 16.4. The fourth-order valence-corrected chi connectivity index (χ4v) is 11.9. The van der Waals surface area contributed by atoms with Gasteiger partial charge in [0.05, 0.1) is 0 Å². The van der Waals surface area contributed by atoms with Crippen molar-refractivity contribution in [2.24, 2.45) is 0 Å². The second-order valence-electron chi connectivity index (χ2n) is 9.23. The predicted molar refractivity (Wildman–Crippen MR) is 155 cm³/mol. The van der Waals surface area contributed by atoms with Crippen LogP contribution in [0, 0.1) is 7.40 Å². The number of nitrogens with zero attached hydrogens (tertiary/aromatic N) is 3. The van der Waals surface area contributed by atoms with Crippen LogP contribution in [0.15, 0.2) is 53.3 Å². The number of rotatable bonds is 10. The first kappa shape index (κ1) is 29.4.